The highest BCUT2D eigenvalue weighted by atomic mass is 79.9. The average Bonchev–Trinajstić information content (AvgIpc) is 2.56. The van der Waals surface area contributed by atoms with Gasteiger partial charge < -0.3 is 5.73 Å². The third kappa shape index (κ3) is 1.52. The molecular weight excluding hydrogens is 234 g/mol. The predicted molar refractivity (Wildman–Crippen MR) is 51.3 cm³/mol. The minimum atomic E-state index is 0.468. The minimum Gasteiger partial charge on any atom is -0.384 e. The molecule has 0 atom stereocenters. The summed E-state index contributed by atoms with van der Waals surface area (Å²) in [5.74, 6) is 0.468. The summed E-state index contributed by atoms with van der Waals surface area (Å²) in [4.78, 5) is 3.96. The Labute approximate surface area is 82.7 Å². The number of aromatic nitrogens is 4. The van der Waals surface area contributed by atoms with Crippen molar-refractivity contribution in [3.63, 3.8) is 0 Å². The Hall–Kier alpha value is -1.43. The van der Waals surface area contributed by atoms with Crippen LogP contribution in [-0.2, 0) is 0 Å². The smallest absolute Gasteiger partial charge is 0.124 e. The Morgan fingerprint density at radius 3 is 2.92 bits per heavy atom. The first kappa shape index (κ1) is 8.18. The van der Waals surface area contributed by atoms with E-state index in [-0.39, 0.29) is 0 Å². The molecule has 0 bridgehead atoms. The summed E-state index contributed by atoms with van der Waals surface area (Å²) in [5, 5.41) is 7.53. The normalized spacial score (nSPS) is 10.2. The average molecular weight is 240 g/mol. The van der Waals surface area contributed by atoms with Gasteiger partial charge in [-0.1, -0.05) is 5.21 Å². The van der Waals surface area contributed by atoms with Crippen LogP contribution < -0.4 is 5.73 Å². The Bertz CT molecular complexity index is 411. The zero-order chi connectivity index (χ0) is 9.26. The second-order valence-electron chi connectivity index (χ2n) is 2.41. The van der Waals surface area contributed by atoms with E-state index in [2.05, 4.69) is 31.2 Å². The molecule has 0 aliphatic heterocycles. The lowest BCUT2D eigenvalue weighted by atomic mass is 10.4. The van der Waals surface area contributed by atoms with Gasteiger partial charge in [0.25, 0.3) is 0 Å². The molecule has 0 unspecified atom stereocenters. The molecule has 0 spiro atoms. The summed E-state index contributed by atoms with van der Waals surface area (Å²) >= 11 is 3.36. The molecular formula is C7H6BrN5. The summed E-state index contributed by atoms with van der Waals surface area (Å²) in [6, 6.07) is 1.72. The maximum absolute atomic E-state index is 5.49. The topological polar surface area (TPSA) is 69.6 Å². The number of nitrogens with two attached hydrogens (primary N) is 1. The van der Waals surface area contributed by atoms with Gasteiger partial charge in [0.15, 0.2) is 0 Å². The van der Waals surface area contributed by atoms with E-state index in [0.717, 1.165) is 10.2 Å². The van der Waals surface area contributed by atoms with Gasteiger partial charge in [0.2, 0.25) is 0 Å². The summed E-state index contributed by atoms with van der Waals surface area (Å²) in [6.45, 7) is 0. The molecule has 13 heavy (non-hydrogen) atoms. The fraction of sp³-hybridized carbons (Fsp3) is 0. The van der Waals surface area contributed by atoms with Gasteiger partial charge in [-0.25, -0.2) is 9.67 Å². The molecule has 0 aliphatic carbocycles. The molecule has 0 radical (unpaired) electrons. The van der Waals surface area contributed by atoms with Gasteiger partial charge in [-0.05, 0) is 22.0 Å². The van der Waals surface area contributed by atoms with Crippen LogP contribution in [0.25, 0.3) is 5.69 Å². The molecule has 0 aromatic carbocycles. The first-order chi connectivity index (χ1) is 6.27. The fourth-order valence-electron chi connectivity index (χ4n) is 0.944. The lowest BCUT2D eigenvalue weighted by molar-refractivity contribution is 0.797. The Morgan fingerprint density at radius 2 is 2.31 bits per heavy atom. The second kappa shape index (κ2) is 3.14. The van der Waals surface area contributed by atoms with Crippen LogP contribution in [0.3, 0.4) is 0 Å². The predicted octanol–water partition coefficient (Wildman–Crippen LogP) is 1.01. The first-order valence-electron chi connectivity index (χ1n) is 3.55. The van der Waals surface area contributed by atoms with Crippen LogP contribution in [0.4, 0.5) is 5.82 Å². The number of hydrogen-bond donors (Lipinski definition) is 1. The fourth-order valence-corrected chi connectivity index (χ4v) is 1.46. The Morgan fingerprint density at radius 1 is 1.46 bits per heavy atom. The van der Waals surface area contributed by atoms with Gasteiger partial charge in [0, 0.05) is 4.47 Å². The van der Waals surface area contributed by atoms with Crippen molar-refractivity contribution in [3.05, 3.63) is 29.1 Å². The van der Waals surface area contributed by atoms with E-state index < -0.39 is 0 Å². The molecule has 0 aliphatic rings. The van der Waals surface area contributed by atoms with E-state index in [9.17, 15) is 0 Å². The van der Waals surface area contributed by atoms with Crippen LogP contribution in [0.15, 0.2) is 29.1 Å². The number of nitrogens with zero attached hydrogens (tertiary/aromatic N) is 4. The van der Waals surface area contributed by atoms with E-state index in [0.29, 0.717) is 5.82 Å². The maximum atomic E-state index is 5.49. The van der Waals surface area contributed by atoms with E-state index in [1.54, 1.807) is 29.3 Å². The van der Waals surface area contributed by atoms with Crippen molar-refractivity contribution >= 4 is 21.7 Å². The summed E-state index contributed by atoms with van der Waals surface area (Å²) in [6.07, 6.45) is 4.97. The summed E-state index contributed by atoms with van der Waals surface area (Å²) in [5.41, 5.74) is 6.31. The second-order valence-corrected chi connectivity index (χ2v) is 3.26. The van der Waals surface area contributed by atoms with Crippen molar-refractivity contribution in [1.82, 2.24) is 20.0 Å². The molecule has 2 aromatic heterocycles. The van der Waals surface area contributed by atoms with Gasteiger partial charge in [0.1, 0.15) is 5.82 Å². The zero-order valence-electron chi connectivity index (χ0n) is 6.55. The monoisotopic (exact) mass is 239 g/mol. The molecule has 0 amide bonds. The third-order valence-corrected chi connectivity index (χ3v) is 2.16. The van der Waals surface area contributed by atoms with Gasteiger partial charge in [-0.15, -0.1) is 5.10 Å². The zero-order valence-corrected chi connectivity index (χ0v) is 8.14. The highest BCUT2D eigenvalue weighted by Gasteiger charge is 2.03. The van der Waals surface area contributed by atoms with Gasteiger partial charge in [0.05, 0.1) is 24.3 Å². The molecule has 0 fully saturated rings. The van der Waals surface area contributed by atoms with Crippen LogP contribution in [0.2, 0.25) is 0 Å². The Kier molecular flexibility index (Phi) is 1.97. The van der Waals surface area contributed by atoms with Crippen LogP contribution in [0, 0.1) is 0 Å². The summed E-state index contributed by atoms with van der Waals surface area (Å²) < 4.78 is 2.45. The van der Waals surface area contributed by atoms with Gasteiger partial charge >= 0.3 is 0 Å². The molecule has 6 heteroatoms. The maximum Gasteiger partial charge on any atom is 0.124 e. The first-order valence-corrected chi connectivity index (χ1v) is 4.34. The molecule has 2 aromatic rings. The van der Waals surface area contributed by atoms with E-state index in [4.69, 9.17) is 5.73 Å². The highest BCUT2D eigenvalue weighted by molar-refractivity contribution is 9.10. The molecule has 2 N–H and O–H groups in total. The van der Waals surface area contributed by atoms with Crippen molar-refractivity contribution in [2.75, 3.05) is 5.73 Å². The number of pyridine rings is 1. The van der Waals surface area contributed by atoms with Crippen LogP contribution in [0.1, 0.15) is 0 Å². The van der Waals surface area contributed by atoms with E-state index in [1.807, 2.05) is 0 Å². The number of anilines is 1. The van der Waals surface area contributed by atoms with E-state index in [1.165, 1.54) is 0 Å². The lowest BCUT2D eigenvalue weighted by Crippen LogP contribution is -1.99. The number of halogens is 1. The van der Waals surface area contributed by atoms with Crippen molar-refractivity contribution in [3.8, 4) is 5.69 Å². The third-order valence-electron chi connectivity index (χ3n) is 1.52. The van der Waals surface area contributed by atoms with E-state index >= 15 is 0 Å². The molecule has 2 rings (SSSR count). The minimum absolute atomic E-state index is 0.468. The molecule has 0 saturated carbocycles. The molecule has 66 valence electrons. The van der Waals surface area contributed by atoms with Gasteiger partial charge in [-0.2, -0.15) is 0 Å². The van der Waals surface area contributed by atoms with Crippen molar-refractivity contribution in [2.24, 2.45) is 0 Å². The quantitative estimate of drug-likeness (QED) is 0.807. The van der Waals surface area contributed by atoms with Crippen molar-refractivity contribution in [1.29, 1.82) is 0 Å². The number of hydrogen-bond acceptors (Lipinski definition) is 4. The number of nitrogen functional groups attached to an aromatic ring is 1. The van der Waals surface area contributed by atoms with Crippen molar-refractivity contribution < 1.29 is 0 Å². The van der Waals surface area contributed by atoms with Crippen LogP contribution in [0.5, 0.6) is 0 Å². The largest absolute Gasteiger partial charge is 0.384 e. The SMILES string of the molecule is Nc1cc(Br)c(-n2ccnn2)cn1. The standard InChI is InChI=1S/C7H6BrN5/c8-5-3-7(9)10-4-6(5)13-2-1-11-12-13/h1-4H,(H2,9,10). The number of rotatable bonds is 1. The molecule has 2 heterocycles. The Balaban J connectivity index is 2.53. The highest BCUT2D eigenvalue weighted by Crippen LogP contribution is 2.20. The molecule has 0 saturated heterocycles. The summed E-state index contributed by atoms with van der Waals surface area (Å²) in [7, 11) is 0. The lowest BCUT2D eigenvalue weighted by Gasteiger charge is -2.02. The van der Waals surface area contributed by atoms with Crippen molar-refractivity contribution in [2.45, 2.75) is 0 Å². The van der Waals surface area contributed by atoms with Gasteiger partial charge in [-0.3, -0.25) is 0 Å². The van der Waals surface area contributed by atoms with Crippen LogP contribution >= 0.6 is 15.9 Å². The molecule has 5 nitrogen and oxygen atoms in total. The van der Waals surface area contributed by atoms with Crippen LogP contribution in [-0.4, -0.2) is 20.0 Å².